The van der Waals surface area contributed by atoms with Crippen LogP contribution in [0.4, 0.5) is 0 Å². The summed E-state index contributed by atoms with van der Waals surface area (Å²) in [4.78, 5) is 9.11. The lowest BCUT2D eigenvalue weighted by Gasteiger charge is -2.12. The van der Waals surface area contributed by atoms with Gasteiger partial charge >= 0.3 is 0 Å². The number of rotatable bonds is 9. The molecule has 0 atom stereocenters. The van der Waals surface area contributed by atoms with Gasteiger partial charge in [-0.25, -0.2) is 4.98 Å². The normalized spacial score (nSPS) is 11.7. The average Bonchev–Trinajstić information content (AvgIpc) is 3.20. The zero-order valence-electron chi connectivity index (χ0n) is 14.7. The molecule has 2 heterocycles. The molecule has 0 radical (unpaired) electrons. The van der Waals surface area contributed by atoms with Crippen LogP contribution >= 0.6 is 11.3 Å². The molecular formula is C16H27N7S. The zero-order chi connectivity index (χ0) is 17.2. The van der Waals surface area contributed by atoms with Crippen molar-refractivity contribution < 1.29 is 0 Å². The molecule has 0 spiro atoms. The number of aliphatic imine (C=N–C) groups is 1. The van der Waals surface area contributed by atoms with Crippen LogP contribution in [0.15, 0.2) is 16.7 Å². The Balaban J connectivity index is 1.73. The molecule has 0 aliphatic rings. The van der Waals surface area contributed by atoms with E-state index in [0.717, 1.165) is 62.9 Å². The maximum atomic E-state index is 4.63. The summed E-state index contributed by atoms with van der Waals surface area (Å²) in [7, 11) is 0. The van der Waals surface area contributed by atoms with Crippen LogP contribution in [0, 0.1) is 6.92 Å². The lowest BCUT2D eigenvalue weighted by Crippen LogP contribution is -2.39. The first-order valence-electron chi connectivity index (χ1n) is 8.52. The Labute approximate surface area is 147 Å². The van der Waals surface area contributed by atoms with Crippen molar-refractivity contribution in [3.05, 3.63) is 28.2 Å². The highest BCUT2D eigenvalue weighted by Gasteiger charge is 2.02. The van der Waals surface area contributed by atoms with E-state index < -0.39 is 0 Å². The highest BCUT2D eigenvalue weighted by Crippen LogP contribution is 2.10. The fraction of sp³-hybridized carbons (Fsp3) is 0.625. The fourth-order valence-corrected chi connectivity index (χ4v) is 3.13. The Hall–Kier alpha value is -1.96. The summed E-state index contributed by atoms with van der Waals surface area (Å²) in [5, 5.41) is 18.0. The van der Waals surface area contributed by atoms with Crippen molar-refractivity contribution >= 4 is 17.3 Å². The van der Waals surface area contributed by atoms with E-state index in [1.54, 1.807) is 17.7 Å². The van der Waals surface area contributed by atoms with E-state index in [9.17, 15) is 0 Å². The molecule has 0 aliphatic carbocycles. The van der Waals surface area contributed by atoms with E-state index >= 15 is 0 Å². The molecule has 0 saturated heterocycles. The minimum Gasteiger partial charge on any atom is -0.357 e. The average molecular weight is 350 g/mol. The Bertz CT molecular complexity index is 632. The Kier molecular flexibility index (Phi) is 7.67. The van der Waals surface area contributed by atoms with Gasteiger partial charge in [-0.05, 0) is 20.3 Å². The number of guanidine groups is 1. The van der Waals surface area contributed by atoms with Gasteiger partial charge in [0.1, 0.15) is 12.2 Å². The smallest absolute Gasteiger partial charge is 0.191 e. The van der Waals surface area contributed by atoms with Gasteiger partial charge in [0, 0.05) is 50.1 Å². The predicted octanol–water partition coefficient (Wildman–Crippen LogP) is 1.79. The van der Waals surface area contributed by atoms with E-state index in [-0.39, 0.29) is 0 Å². The summed E-state index contributed by atoms with van der Waals surface area (Å²) in [5.74, 6) is 1.87. The Morgan fingerprint density at radius 3 is 2.92 bits per heavy atom. The van der Waals surface area contributed by atoms with Crippen LogP contribution in [0.25, 0.3) is 0 Å². The topological polar surface area (TPSA) is 80.0 Å². The third-order valence-electron chi connectivity index (χ3n) is 3.49. The van der Waals surface area contributed by atoms with Gasteiger partial charge in [0.15, 0.2) is 5.96 Å². The van der Waals surface area contributed by atoms with Gasteiger partial charge in [-0.1, -0.05) is 6.92 Å². The third-order valence-corrected chi connectivity index (χ3v) is 4.51. The maximum Gasteiger partial charge on any atom is 0.191 e. The van der Waals surface area contributed by atoms with Crippen LogP contribution in [0.3, 0.4) is 0 Å². The van der Waals surface area contributed by atoms with Crippen LogP contribution in [-0.2, 0) is 19.4 Å². The number of thiazole rings is 1. The van der Waals surface area contributed by atoms with Gasteiger partial charge in [0.05, 0.1) is 5.01 Å². The summed E-state index contributed by atoms with van der Waals surface area (Å²) in [6, 6.07) is 0. The second kappa shape index (κ2) is 10.0. The zero-order valence-corrected chi connectivity index (χ0v) is 15.6. The quantitative estimate of drug-likeness (QED) is 0.410. The molecule has 24 heavy (non-hydrogen) atoms. The third kappa shape index (κ3) is 5.92. The van der Waals surface area contributed by atoms with E-state index in [4.69, 9.17) is 0 Å². The van der Waals surface area contributed by atoms with Gasteiger partial charge in [-0.2, -0.15) is 0 Å². The van der Waals surface area contributed by atoms with Crippen LogP contribution in [0.2, 0.25) is 0 Å². The monoisotopic (exact) mass is 349 g/mol. The first-order chi connectivity index (χ1) is 11.7. The first-order valence-corrected chi connectivity index (χ1v) is 9.40. The summed E-state index contributed by atoms with van der Waals surface area (Å²) in [6.07, 6.45) is 4.67. The molecule has 0 bridgehead atoms. The highest BCUT2D eigenvalue weighted by molar-refractivity contribution is 7.09. The molecule has 0 fully saturated rings. The van der Waals surface area contributed by atoms with Crippen molar-refractivity contribution in [2.45, 2.75) is 46.6 Å². The second-order valence-corrected chi connectivity index (χ2v) is 6.41. The number of nitrogens with one attached hydrogen (secondary N) is 2. The molecule has 7 nitrogen and oxygen atoms in total. The lowest BCUT2D eigenvalue weighted by molar-refractivity contribution is 0.632. The van der Waals surface area contributed by atoms with Gasteiger partial charge in [-0.15, -0.1) is 21.5 Å². The largest absolute Gasteiger partial charge is 0.357 e. The van der Waals surface area contributed by atoms with E-state index in [1.165, 1.54) is 5.01 Å². The van der Waals surface area contributed by atoms with Crippen LogP contribution < -0.4 is 10.6 Å². The highest BCUT2D eigenvalue weighted by atomic mass is 32.1. The summed E-state index contributed by atoms with van der Waals surface area (Å²) in [5.41, 5.74) is 1.11. The molecule has 8 heteroatoms. The van der Waals surface area contributed by atoms with Crippen molar-refractivity contribution in [1.82, 2.24) is 30.4 Å². The summed E-state index contributed by atoms with van der Waals surface area (Å²) in [6.45, 7) is 9.46. The summed E-state index contributed by atoms with van der Waals surface area (Å²) >= 11 is 1.73. The number of aryl methyl sites for hydroxylation is 3. The van der Waals surface area contributed by atoms with Crippen molar-refractivity contribution in [2.24, 2.45) is 4.99 Å². The van der Waals surface area contributed by atoms with Crippen molar-refractivity contribution in [3.63, 3.8) is 0 Å². The van der Waals surface area contributed by atoms with Crippen molar-refractivity contribution in [3.8, 4) is 0 Å². The van der Waals surface area contributed by atoms with Gasteiger partial charge in [-0.3, -0.25) is 4.99 Å². The van der Waals surface area contributed by atoms with Gasteiger partial charge < -0.3 is 15.2 Å². The van der Waals surface area contributed by atoms with E-state index in [1.807, 2.05) is 6.92 Å². The molecule has 0 aromatic carbocycles. The molecular weight excluding hydrogens is 322 g/mol. The number of aromatic nitrogens is 4. The lowest BCUT2D eigenvalue weighted by atomic mass is 10.3. The SMILES string of the molecule is CCNC(=NCCCc1nc(C)cs1)NCCn1cnnc1CC. The minimum absolute atomic E-state index is 0.792. The number of nitrogens with zero attached hydrogens (tertiary/aromatic N) is 5. The molecule has 2 N–H and O–H groups in total. The second-order valence-electron chi connectivity index (χ2n) is 5.47. The predicted molar refractivity (Wildman–Crippen MR) is 98.6 cm³/mol. The Morgan fingerprint density at radius 2 is 2.21 bits per heavy atom. The molecule has 132 valence electrons. The molecule has 2 rings (SSSR count). The molecule has 2 aromatic rings. The standard InChI is InChI=1S/C16H27N7S/c1-4-14-22-20-12-23(14)10-9-19-16(17-5-2)18-8-6-7-15-21-13(3)11-24-15/h11-12H,4-10H2,1-3H3,(H2,17,18,19). The molecule has 0 amide bonds. The van der Waals surface area contributed by atoms with E-state index in [0.29, 0.717) is 0 Å². The first kappa shape index (κ1) is 18.4. The molecule has 2 aromatic heterocycles. The molecule has 0 unspecified atom stereocenters. The fourth-order valence-electron chi connectivity index (χ4n) is 2.31. The minimum atomic E-state index is 0.792. The van der Waals surface area contributed by atoms with Gasteiger partial charge in [0.2, 0.25) is 0 Å². The van der Waals surface area contributed by atoms with Gasteiger partial charge in [0.25, 0.3) is 0 Å². The number of hydrogen-bond donors (Lipinski definition) is 2. The van der Waals surface area contributed by atoms with Crippen LogP contribution in [-0.4, -0.2) is 45.3 Å². The molecule has 0 saturated carbocycles. The Morgan fingerprint density at radius 1 is 1.33 bits per heavy atom. The van der Waals surface area contributed by atoms with Crippen molar-refractivity contribution in [1.29, 1.82) is 0 Å². The maximum absolute atomic E-state index is 4.63. The number of hydrogen-bond acceptors (Lipinski definition) is 5. The van der Waals surface area contributed by atoms with Crippen LogP contribution in [0.1, 0.15) is 36.8 Å². The van der Waals surface area contributed by atoms with E-state index in [2.05, 4.69) is 54.6 Å². The van der Waals surface area contributed by atoms with Crippen molar-refractivity contribution in [2.75, 3.05) is 19.6 Å². The molecule has 0 aliphatic heterocycles. The summed E-state index contributed by atoms with van der Waals surface area (Å²) < 4.78 is 2.07. The van der Waals surface area contributed by atoms with Crippen LogP contribution in [0.5, 0.6) is 0 Å².